The summed E-state index contributed by atoms with van der Waals surface area (Å²) >= 11 is 5.99. The zero-order chi connectivity index (χ0) is 13.9. The van der Waals surface area contributed by atoms with Crippen LogP contribution in [0.15, 0.2) is 24.3 Å². The molecule has 1 saturated heterocycles. The highest BCUT2D eigenvalue weighted by Gasteiger charge is 2.16. The largest absolute Gasteiger partial charge is 0.396 e. The van der Waals surface area contributed by atoms with E-state index >= 15 is 0 Å². The van der Waals surface area contributed by atoms with E-state index in [-0.39, 0.29) is 6.42 Å². The number of aliphatic hydroxyl groups is 1. The Morgan fingerprint density at radius 1 is 1.29 bits per heavy atom. The first kappa shape index (κ1) is 10.2. The molecule has 0 aliphatic carbocycles. The summed E-state index contributed by atoms with van der Waals surface area (Å²) in [6, 6.07) is 7.83. The first-order valence-corrected chi connectivity index (χ1v) is 6.27. The van der Waals surface area contributed by atoms with Crippen LogP contribution in [0.3, 0.4) is 0 Å². The summed E-state index contributed by atoms with van der Waals surface area (Å²) in [5.74, 6) is 0. The van der Waals surface area contributed by atoms with E-state index in [0.717, 1.165) is 36.9 Å². The maximum absolute atomic E-state index is 9.09. The van der Waals surface area contributed by atoms with Crippen LogP contribution in [0.25, 0.3) is 0 Å². The molecule has 1 N–H and O–H groups in total. The fourth-order valence-electron chi connectivity index (χ4n) is 2.11. The highest BCUT2D eigenvalue weighted by Crippen LogP contribution is 2.20. The molecule has 1 aliphatic heterocycles. The second kappa shape index (κ2) is 6.24. The van der Waals surface area contributed by atoms with Crippen LogP contribution < -0.4 is 4.90 Å². The van der Waals surface area contributed by atoms with Crippen molar-refractivity contribution in [3.05, 3.63) is 29.3 Å². The molecular formula is C13H19ClN2O. The molecule has 0 radical (unpaired) electrons. The average molecular weight is 257 g/mol. The van der Waals surface area contributed by atoms with Gasteiger partial charge in [0, 0.05) is 50.0 Å². The summed E-state index contributed by atoms with van der Waals surface area (Å²) in [6.45, 7) is 2.08. The van der Waals surface area contributed by atoms with Gasteiger partial charge in [-0.3, -0.25) is 4.90 Å². The van der Waals surface area contributed by atoms with Crippen molar-refractivity contribution < 1.29 is 7.85 Å². The number of benzene rings is 1. The van der Waals surface area contributed by atoms with Crippen LogP contribution in [0.4, 0.5) is 5.69 Å². The molecule has 1 aromatic carbocycles. The molecule has 2 rings (SSSR count). The van der Waals surface area contributed by atoms with Gasteiger partial charge in [-0.05, 0) is 24.6 Å². The molecule has 3 nitrogen and oxygen atoms in total. The van der Waals surface area contributed by atoms with Gasteiger partial charge in [0.1, 0.15) is 0 Å². The first-order valence-electron chi connectivity index (χ1n) is 6.89. The van der Waals surface area contributed by atoms with Crippen LogP contribution in [-0.4, -0.2) is 49.3 Å². The number of hydrogen-bond acceptors (Lipinski definition) is 3. The third-order valence-electron chi connectivity index (χ3n) is 3.09. The number of rotatable bonds is 4. The smallest absolute Gasteiger partial charge is 0.0564 e. The van der Waals surface area contributed by atoms with Crippen molar-refractivity contribution in [3.63, 3.8) is 0 Å². The van der Waals surface area contributed by atoms with Crippen LogP contribution in [0.2, 0.25) is 5.02 Å². The summed E-state index contributed by atoms with van der Waals surface area (Å²) in [4.78, 5) is 4.45. The molecule has 94 valence electrons. The first-order chi connectivity index (χ1) is 8.94. The van der Waals surface area contributed by atoms with Crippen molar-refractivity contribution in [2.24, 2.45) is 0 Å². The van der Waals surface area contributed by atoms with Gasteiger partial charge in [-0.25, -0.2) is 0 Å². The number of anilines is 1. The molecule has 0 amide bonds. The van der Waals surface area contributed by atoms with Crippen molar-refractivity contribution >= 4 is 17.3 Å². The zero-order valence-corrected chi connectivity index (χ0v) is 10.5. The summed E-state index contributed by atoms with van der Waals surface area (Å²) < 4.78 is 14.2. The van der Waals surface area contributed by atoms with Crippen molar-refractivity contribution in [1.82, 2.24) is 4.90 Å². The molecule has 0 unspecified atom stereocenters. The number of piperazine rings is 1. The van der Waals surface area contributed by atoms with Gasteiger partial charge in [-0.15, -0.1) is 0 Å². The summed E-state index contributed by atoms with van der Waals surface area (Å²) in [6.07, 6.45) is 0.157. The van der Waals surface area contributed by atoms with Crippen molar-refractivity contribution in [2.45, 2.75) is 6.42 Å². The maximum atomic E-state index is 9.09. The fraction of sp³-hybridized carbons (Fsp3) is 0.538. The highest BCUT2D eigenvalue weighted by atomic mass is 35.5. The molecule has 1 aromatic rings. The Hall–Kier alpha value is -0.770. The SMILES string of the molecule is [2H]C([2H])(O)CCN1CCN(c2cccc(Cl)c2)CC1. The maximum Gasteiger partial charge on any atom is 0.0564 e. The molecule has 4 heteroatoms. The molecule has 0 saturated carbocycles. The van der Waals surface area contributed by atoms with Crippen molar-refractivity contribution in [3.8, 4) is 0 Å². The van der Waals surface area contributed by atoms with E-state index in [1.807, 2.05) is 24.3 Å². The van der Waals surface area contributed by atoms with Crippen LogP contribution in [-0.2, 0) is 0 Å². The Morgan fingerprint density at radius 3 is 2.71 bits per heavy atom. The molecule has 0 spiro atoms. The van der Waals surface area contributed by atoms with E-state index in [1.165, 1.54) is 0 Å². The van der Waals surface area contributed by atoms with Crippen LogP contribution >= 0.6 is 11.6 Å². The highest BCUT2D eigenvalue weighted by molar-refractivity contribution is 6.30. The van der Waals surface area contributed by atoms with Gasteiger partial charge < -0.3 is 10.0 Å². The zero-order valence-electron chi connectivity index (χ0n) is 11.8. The van der Waals surface area contributed by atoms with Crippen molar-refractivity contribution in [1.29, 1.82) is 0 Å². The summed E-state index contributed by atoms with van der Waals surface area (Å²) in [7, 11) is 0. The predicted octanol–water partition coefficient (Wildman–Crippen LogP) is 1.84. The molecule has 0 atom stereocenters. The lowest BCUT2D eigenvalue weighted by atomic mass is 10.2. The van der Waals surface area contributed by atoms with Crippen LogP contribution in [0.5, 0.6) is 0 Å². The Labute approximate surface area is 110 Å². The minimum atomic E-state index is -2.07. The molecular weight excluding hydrogens is 236 g/mol. The normalized spacial score (nSPS) is 20.0. The topological polar surface area (TPSA) is 26.7 Å². The molecule has 17 heavy (non-hydrogen) atoms. The summed E-state index contributed by atoms with van der Waals surface area (Å²) in [5, 5.41) is 9.83. The van der Waals surface area contributed by atoms with E-state index in [9.17, 15) is 0 Å². The van der Waals surface area contributed by atoms with E-state index in [4.69, 9.17) is 19.4 Å². The van der Waals surface area contributed by atoms with Gasteiger partial charge in [-0.1, -0.05) is 17.7 Å². The number of halogens is 1. The Bertz CT molecular complexity index is 417. The van der Waals surface area contributed by atoms with Crippen LogP contribution in [0.1, 0.15) is 9.16 Å². The van der Waals surface area contributed by atoms with E-state index < -0.39 is 6.56 Å². The molecule has 0 bridgehead atoms. The Kier molecular flexibility index (Phi) is 3.74. The Morgan fingerprint density at radius 2 is 2.06 bits per heavy atom. The quantitative estimate of drug-likeness (QED) is 0.891. The van der Waals surface area contributed by atoms with Crippen LogP contribution in [0, 0.1) is 0 Å². The van der Waals surface area contributed by atoms with E-state index in [0.29, 0.717) is 6.54 Å². The van der Waals surface area contributed by atoms with E-state index in [1.54, 1.807) is 0 Å². The van der Waals surface area contributed by atoms with Gasteiger partial charge >= 0.3 is 0 Å². The lowest BCUT2D eigenvalue weighted by Gasteiger charge is -2.36. The monoisotopic (exact) mass is 256 g/mol. The lowest BCUT2D eigenvalue weighted by Crippen LogP contribution is -2.46. The van der Waals surface area contributed by atoms with Gasteiger partial charge in [0.25, 0.3) is 0 Å². The third-order valence-corrected chi connectivity index (χ3v) is 3.32. The molecule has 0 aromatic heterocycles. The molecule has 1 heterocycles. The van der Waals surface area contributed by atoms with Gasteiger partial charge in [0.05, 0.1) is 2.74 Å². The Balaban J connectivity index is 1.82. The standard InChI is InChI=1S/C13H19ClN2O/c14-12-3-1-4-13(11-12)16-8-6-15(7-9-16)5-2-10-17/h1,3-4,11,17H,2,5-10H2/i10D2. The van der Waals surface area contributed by atoms with Crippen molar-refractivity contribution in [2.75, 3.05) is 44.2 Å². The minimum absolute atomic E-state index is 0.157. The van der Waals surface area contributed by atoms with Gasteiger partial charge in [-0.2, -0.15) is 0 Å². The number of hydrogen-bond donors (Lipinski definition) is 1. The fourth-order valence-corrected chi connectivity index (χ4v) is 2.30. The summed E-state index contributed by atoms with van der Waals surface area (Å²) in [5.41, 5.74) is 1.13. The van der Waals surface area contributed by atoms with E-state index in [2.05, 4.69) is 9.80 Å². The molecule has 1 fully saturated rings. The van der Waals surface area contributed by atoms with Gasteiger partial charge in [0.2, 0.25) is 0 Å². The number of nitrogens with zero attached hydrogens (tertiary/aromatic N) is 2. The minimum Gasteiger partial charge on any atom is -0.396 e. The lowest BCUT2D eigenvalue weighted by molar-refractivity contribution is 0.216. The second-order valence-corrected chi connectivity index (χ2v) is 4.65. The van der Waals surface area contributed by atoms with Gasteiger partial charge in [0.15, 0.2) is 0 Å². The molecule has 1 aliphatic rings. The second-order valence-electron chi connectivity index (χ2n) is 4.22. The average Bonchev–Trinajstić information content (AvgIpc) is 2.36. The predicted molar refractivity (Wildman–Crippen MR) is 71.8 cm³/mol. The third kappa shape index (κ3) is 3.60.